The molecule has 0 radical (unpaired) electrons. The molecule has 3 aromatic rings. The molecule has 0 aliphatic carbocycles. The quantitative estimate of drug-likeness (QED) is 0.570. The zero-order valence-electron chi connectivity index (χ0n) is 11.2. The number of carbonyl (C=O) groups excluding carboxylic acids is 2. The second-order valence-electron chi connectivity index (χ2n) is 4.66. The molecule has 0 bridgehead atoms. The molecular weight excluding hydrogens is 307 g/mol. The molecule has 0 spiro atoms. The Bertz CT molecular complexity index is 889. The number of anilines is 1. The first-order valence-corrected chi connectivity index (χ1v) is 6.81. The number of para-hydroxylation sites is 1. The minimum atomic E-state index is -0.911. The molecule has 0 unspecified atom stereocenters. The van der Waals surface area contributed by atoms with Gasteiger partial charge in [-0.1, -0.05) is 23.7 Å². The third-order valence-corrected chi connectivity index (χ3v) is 3.45. The maximum Gasteiger partial charge on any atom is 0.296 e. The average Bonchev–Trinajstić information content (AvgIpc) is 2.91. The van der Waals surface area contributed by atoms with Crippen molar-refractivity contribution in [2.24, 2.45) is 0 Å². The molecule has 0 atom stereocenters. The number of Topliss-reactive ketones (excluding diaryl/α,β-unsaturated/α-hetero) is 1. The normalized spacial score (nSPS) is 10.6. The Morgan fingerprint density at radius 1 is 1.14 bits per heavy atom. The van der Waals surface area contributed by atoms with E-state index in [9.17, 15) is 14.0 Å². The van der Waals surface area contributed by atoms with Crippen LogP contribution in [0.25, 0.3) is 10.9 Å². The second-order valence-corrected chi connectivity index (χ2v) is 5.09. The minimum absolute atomic E-state index is 0.0428. The number of halogens is 2. The molecule has 1 aromatic heterocycles. The summed E-state index contributed by atoms with van der Waals surface area (Å²) in [5.41, 5.74) is 0.830. The fourth-order valence-corrected chi connectivity index (χ4v) is 2.32. The molecule has 110 valence electrons. The molecule has 3 rings (SSSR count). The summed E-state index contributed by atoms with van der Waals surface area (Å²) in [7, 11) is 0. The fourth-order valence-electron chi connectivity index (χ4n) is 2.14. The molecule has 0 saturated heterocycles. The van der Waals surface area contributed by atoms with E-state index >= 15 is 0 Å². The van der Waals surface area contributed by atoms with Gasteiger partial charge in [-0.25, -0.2) is 4.39 Å². The van der Waals surface area contributed by atoms with Crippen molar-refractivity contribution in [3.05, 3.63) is 65.1 Å². The standard InChI is InChI=1S/C16H10ClFN2O2/c17-9-5-6-13-10(7-9)11(8-19-13)15(21)16(22)20-14-4-2-1-3-12(14)18/h1-8,19H,(H,20,22). The lowest BCUT2D eigenvalue weighted by atomic mass is 10.1. The number of carbonyl (C=O) groups is 2. The van der Waals surface area contributed by atoms with Gasteiger partial charge in [0.15, 0.2) is 0 Å². The van der Waals surface area contributed by atoms with Crippen LogP contribution in [0, 0.1) is 5.82 Å². The van der Waals surface area contributed by atoms with Crippen LogP contribution in [-0.2, 0) is 4.79 Å². The van der Waals surface area contributed by atoms with Gasteiger partial charge < -0.3 is 10.3 Å². The third kappa shape index (κ3) is 2.58. The van der Waals surface area contributed by atoms with E-state index in [1.165, 1.54) is 24.4 Å². The van der Waals surface area contributed by atoms with Crippen LogP contribution in [-0.4, -0.2) is 16.7 Å². The lowest BCUT2D eigenvalue weighted by Gasteiger charge is -2.05. The largest absolute Gasteiger partial charge is 0.360 e. The zero-order chi connectivity index (χ0) is 15.7. The van der Waals surface area contributed by atoms with E-state index in [4.69, 9.17) is 11.6 Å². The van der Waals surface area contributed by atoms with Crippen molar-refractivity contribution in [1.82, 2.24) is 4.98 Å². The number of ketones is 1. The minimum Gasteiger partial charge on any atom is -0.360 e. The number of H-pyrrole nitrogens is 1. The van der Waals surface area contributed by atoms with Crippen molar-refractivity contribution >= 4 is 39.9 Å². The highest BCUT2D eigenvalue weighted by molar-refractivity contribution is 6.48. The molecule has 0 aliphatic heterocycles. The third-order valence-electron chi connectivity index (χ3n) is 3.22. The van der Waals surface area contributed by atoms with E-state index in [1.54, 1.807) is 24.3 Å². The van der Waals surface area contributed by atoms with Crippen LogP contribution in [0.4, 0.5) is 10.1 Å². The number of fused-ring (bicyclic) bond motifs is 1. The van der Waals surface area contributed by atoms with Crippen LogP contribution < -0.4 is 5.32 Å². The Morgan fingerprint density at radius 3 is 2.68 bits per heavy atom. The van der Waals surface area contributed by atoms with E-state index in [2.05, 4.69) is 10.3 Å². The lowest BCUT2D eigenvalue weighted by molar-refractivity contribution is -0.112. The van der Waals surface area contributed by atoms with E-state index in [-0.39, 0.29) is 11.3 Å². The van der Waals surface area contributed by atoms with Gasteiger partial charge in [0.05, 0.1) is 11.3 Å². The van der Waals surface area contributed by atoms with Gasteiger partial charge in [0, 0.05) is 22.1 Å². The Kier molecular flexibility index (Phi) is 3.65. The highest BCUT2D eigenvalue weighted by Gasteiger charge is 2.21. The van der Waals surface area contributed by atoms with Crippen molar-refractivity contribution in [1.29, 1.82) is 0 Å². The number of aromatic amines is 1. The molecule has 22 heavy (non-hydrogen) atoms. The average molecular weight is 317 g/mol. The van der Waals surface area contributed by atoms with Gasteiger partial charge in [-0.15, -0.1) is 0 Å². The second kappa shape index (κ2) is 5.61. The van der Waals surface area contributed by atoms with Crippen molar-refractivity contribution < 1.29 is 14.0 Å². The summed E-state index contributed by atoms with van der Waals surface area (Å²) >= 11 is 5.91. The Hall–Kier alpha value is -2.66. The van der Waals surface area contributed by atoms with Gasteiger partial charge in [0.2, 0.25) is 0 Å². The van der Waals surface area contributed by atoms with E-state index in [0.29, 0.717) is 15.9 Å². The van der Waals surface area contributed by atoms with Crippen LogP contribution in [0.2, 0.25) is 5.02 Å². The van der Waals surface area contributed by atoms with Gasteiger partial charge in [0.1, 0.15) is 5.82 Å². The predicted molar refractivity (Wildman–Crippen MR) is 82.7 cm³/mol. The Balaban J connectivity index is 1.91. The summed E-state index contributed by atoms with van der Waals surface area (Å²) < 4.78 is 13.5. The highest BCUT2D eigenvalue weighted by Crippen LogP contribution is 2.23. The first kappa shape index (κ1) is 14.3. The number of hydrogen-bond acceptors (Lipinski definition) is 2. The van der Waals surface area contributed by atoms with Crippen molar-refractivity contribution in [3.8, 4) is 0 Å². The molecule has 0 fully saturated rings. The van der Waals surface area contributed by atoms with Crippen LogP contribution in [0.15, 0.2) is 48.7 Å². The summed E-state index contributed by atoms with van der Waals surface area (Å²) in [6.45, 7) is 0. The molecule has 1 heterocycles. The van der Waals surface area contributed by atoms with Crippen molar-refractivity contribution in [2.45, 2.75) is 0 Å². The molecule has 0 aliphatic rings. The van der Waals surface area contributed by atoms with Gasteiger partial charge in [0.25, 0.3) is 11.7 Å². The number of aromatic nitrogens is 1. The number of nitrogens with one attached hydrogen (secondary N) is 2. The van der Waals surface area contributed by atoms with Crippen LogP contribution in [0.3, 0.4) is 0 Å². The molecule has 2 N–H and O–H groups in total. The van der Waals surface area contributed by atoms with Crippen molar-refractivity contribution in [2.75, 3.05) is 5.32 Å². The predicted octanol–water partition coefficient (Wildman–Crippen LogP) is 3.78. The molecule has 0 saturated carbocycles. The topological polar surface area (TPSA) is 62.0 Å². The number of amides is 1. The fraction of sp³-hybridized carbons (Fsp3) is 0. The van der Waals surface area contributed by atoms with Crippen molar-refractivity contribution in [3.63, 3.8) is 0 Å². The molecule has 2 aromatic carbocycles. The summed E-state index contributed by atoms with van der Waals surface area (Å²) in [4.78, 5) is 27.2. The van der Waals surface area contributed by atoms with E-state index in [1.807, 2.05) is 0 Å². The maximum absolute atomic E-state index is 13.5. The van der Waals surface area contributed by atoms with Gasteiger partial charge >= 0.3 is 0 Å². The highest BCUT2D eigenvalue weighted by atomic mass is 35.5. The summed E-state index contributed by atoms with van der Waals surface area (Å²) in [5.74, 6) is -2.28. The first-order valence-electron chi connectivity index (χ1n) is 6.43. The monoisotopic (exact) mass is 316 g/mol. The number of rotatable bonds is 3. The Morgan fingerprint density at radius 2 is 1.91 bits per heavy atom. The SMILES string of the molecule is O=C(Nc1ccccc1F)C(=O)c1c[nH]c2ccc(Cl)cc12. The van der Waals surface area contributed by atoms with Crippen LogP contribution in [0.5, 0.6) is 0 Å². The summed E-state index contributed by atoms with van der Waals surface area (Å²) in [5, 5.41) is 3.26. The summed E-state index contributed by atoms with van der Waals surface area (Å²) in [6.07, 6.45) is 1.43. The molecule has 4 nitrogen and oxygen atoms in total. The van der Waals surface area contributed by atoms with Gasteiger partial charge in [-0.05, 0) is 30.3 Å². The van der Waals surface area contributed by atoms with Crippen LogP contribution >= 0.6 is 11.6 Å². The number of hydrogen-bond donors (Lipinski definition) is 2. The summed E-state index contributed by atoms with van der Waals surface area (Å²) in [6, 6.07) is 10.6. The van der Waals surface area contributed by atoms with Gasteiger partial charge in [-0.3, -0.25) is 9.59 Å². The molecule has 1 amide bonds. The Labute approximate surface area is 129 Å². The van der Waals surface area contributed by atoms with Gasteiger partial charge in [-0.2, -0.15) is 0 Å². The number of benzene rings is 2. The van der Waals surface area contributed by atoms with Crippen LogP contribution in [0.1, 0.15) is 10.4 Å². The zero-order valence-corrected chi connectivity index (χ0v) is 11.9. The lowest BCUT2D eigenvalue weighted by Crippen LogP contribution is -2.23. The van der Waals surface area contributed by atoms with E-state index in [0.717, 1.165) is 0 Å². The molecular formula is C16H10ClFN2O2. The smallest absolute Gasteiger partial charge is 0.296 e. The van der Waals surface area contributed by atoms with E-state index < -0.39 is 17.5 Å². The maximum atomic E-state index is 13.5. The molecule has 6 heteroatoms. The first-order chi connectivity index (χ1) is 10.6.